The van der Waals surface area contributed by atoms with Gasteiger partial charge in [0.25, 0.3) is 0 Å². The molecule has 1 rings (SSSR count). The number of rotatable bonds is 6. The van der Waals surface area contributed by atoms with E-state index in [1.54, 1.807) is 47.6 Å². The number of ether oxygens (including phenoxy) is 2. The van der Waals surface area contributed by atoms with Gasteiger partial charge in [0, 0.05) is 56.1 Å². The summed E-state index contributed by atoms with van der Waals surface area (Å²) in [4.78, 5) is 40.8. The number of amides is 2. The minimum absolute atomic E-state index is 0. The quantitative estimate of drug-likeness (QED) is 0.272. The van der Waals surface area contributed by atoms with Gasteiger partial charge in [-0.2, -0.15) is 0 Å². The second kappa shape index (κ2) is 13.8. The summed E-state index contributed by atoms with van der Waals surface area (Å²) in [6.45, 7) is 14.2. The molecule has 0 saturated heterocycles. The molecule has 1 unspecified atom stereocenters. The van der Waals surface area contributed by atoms with Gasteiger partial charge in [0.15, 0.2) is 0 Å². The minimum Gasteiger partial charge on any atom is -0.674 e. The third kappa shape index (κ3) is 11.5. The van der Waals surface area contributed by atoms with Crippen molar-refractivity contribution < 1.29 is 73.0 Å². The Morgan fingerprint density at radius 2 is 1.50 bits per heavy atom. The van der Waals surface area contributed by atoms with Gasteiger partial charge in [-0.05, 0) is 47.5 Å². The fourth-order valence-electron chi connectivity index (χ4n) is 3.58. The van der Waals surface area contributed by atoms with Crippen molar-refractivity contribution in [3.05, 3.63) is 17.4 Å². The molecule has 0 aromatic heterocycles. The van der Waals surface area contributed by atoms with Gasteiger partial charge in [0.2, 0.25) is 5.96 Å². The Hall–Kier alpha value is -1.18. The summed E-state index contributed by atoms with van der Waals surface area (Å²) in [5, 5.41) is 14.4. The largest absolute Gasteiger partial charge is 0.674 e. The first-order chi connectivity index (χ1) is 15.1. The van der Waals surface area contributed by atoms with Crippen molar-refractivity contribution in [2.24, 2.45) is 16.8 Å². The zero-order valence-corrected chi connectivity index (χ0v) is 26.3. The molecule has 0 aromatic carbocycles. The average molecular weight is 695 g/mol. The maximum absolute atomic E-state index is 12.3. The van der Waals surface area contributed by atoms with Crippen LogP contribution in [0, 0.1) is 55.9 Å². The minimum atomic E-state index is -1.07. The van der Waals surface area contributed by atoms with Crippen LogP contribution in [-0.2, 0) is 14.3 Å². The Kier molecular flexibility index (Phi) is 13.3. The van der Waals surface area contributed by atoms with E-state index in [2.05, 4.69) is 15.6 Å². The summed E-state index contributed by atoms with van der Waals surface area (Å²) < 4.78 is 10.5. The van der Waals surface area contributed by atoms with Crippen LogP contribution in [0.25, 0.3) is 5.73 Å². The molecular weight excluding hydrogens is 655 g/mol. The van der Waals surface area contributed by atoms with E-state index in [0.717, 1.165) is 12.8 Å². The number of hydrogen-bond acceptors (Lipinski definition) is 6. The van der Waals surface area contributed by atoms with Crippen molar-refractivity contribution in [2.45, 2.75) is 97.9 Å². The first kappa shape index (κ1) is 32.8. The van der Waals surface area contributed by atoms with Crippen LogP contribution >= 0.6 is 0 Å². The van der Waals surface area contributed by atoms with Crippen molar-refractivity contribution in [1.82, 2.24) is 10.6 Å². The molecule has 0 aromatic rings. The van der Waals surface area contributed by atoms with E-state index in [4.69, 9.17) is 15.2 Å². The van der Waals surface area contributed by atoms with Crippen molar-refractivity contribution in [3.8, 4) is 0 Å². The normalized spacial score (nSPS) is 18.8. The number of guanidine groups is 1. The van der Waals surface area contributed by atoms with Crippen LogP contribution in [0.2, 0.25) is 0 Å². The number of carboxylic acid groups (broad SMARTS) is 1. The third-order valence-corrected chi connectivity index (χ3v) is 5.05. The zero-order chi connectivity index (χ0) is 25.6. The number of carboxylic acids is 1. The van der Waals surface area contributed by atoms with Crippen LogP contribution in [0.3, 0.4) is 0 Å². The van der Waals surface area contributed by atoms with Gasteiger partial charge in [-0.15, -0.1) is 6.04 Å². The summed E-state index contributed by atoms with van der Waals surface area (Å²) in [7, 11) is 0. The number of aliphatic carboxylic acids is 1. The van der Waals surface area contributed by atoms with E-state index in [-0.39, 0.29) is 67.9 Å². The van der Waals surface area contributed by atoms with E-state index < -0.39 is 47.4 Å². The molecule has 0 heterocycles. The van der Waals surface area contributed by atoms with Crippen LogP contribution < -0.4 is 10.6 Å². The van der Waals surface area contributed by atoms with Crippen molar-refractivity contribution in [3.63, 3.8) is 0 Å². The van der Waals surface area contributed by atoms with Crippen LogP contribution in [0.5, 0.6) is 0 Å². The van der Waals surface area contributed by atoms with E-state index in [1.807, 2.05) is 13.8 Å². The molecule has 0 saturated carbocycles. The van der Waals surface area contributed by atoms with Crippen LogP contribution in [0.15, 0.2) is 16.6 Å². The average Bonchev–Trinajstić information content (AvgIpc) is 3.03. The fraction of sp³-hybridized carbons (Fsp3) is 0.739. The number of carbonyl (C=O) groups is 3. The van der Waals surface area contributed by atoms with Gasteiger partial charge in [0.1, 0.15) is 11.2 Å². The Morgan fingerprint density at radius 1 is 1.06 bits per heavy atom. The summed E-state index contributed by atoms with van der Waals surface area (Å²) in [5.41, 5.74) is 7.32. The van der Waals surface area contributed by atoms with E-state index in [9.17, 15) is 19.5 Å². The molecule has 3 atom stereocenters. The summed E-state index contributed by atoms with van der Waals surface area (Å²) in [5.74, 6) is -1.73. The maximum Gasteiger partial charge on any atom is 0.414 e. The van der Waals surface area contributed by atoms with Crippen molar-refractivity contribution in [2.75, 3.05) is 0 Å². The molecule has 1 aliphatic carbocycles. The third-order valence-electron chi connectivity index (χ3n) is 5.05. The predicted octanol–water partition coefficient (Wildman–Crippen LogP) is 4.65. The van der Waals surface area contributed by atoms with Crippen molar-refractivity contribution in [1.29, 1.82) is 0 Å². The molecule has 0 spiro atoms. The summed E-state index contributed by atoms with van der Waals surface area (Å²) in [6, 6.07) is -1.24. The number of hydrogen-bond donors (Lipinski definition) is 3. The van der Waals surface area contributed by atoms with E-state index >= 15 is 0 Å². The van der Waals surface area contributed by atoms with Gasteiger partial charge >= 0.3 is 18.2 Å². The summed E-state index contributed by atoms with van der Waals surface area (Å²) in [6.07, 6.45) is 1.53. The molecule has 10 nitrogen and oxygen atoms in total. The van der Waals surface area contributed by atoms with Gasteiger partial charge in [-0.25, -0.2) is 19.4 Å². The topological polar surface area (TPSA) is 150 Å². The van der Waals surface area contributed by atoms with Crippen LogP contribution in [0.1, 0.15) is 74.7 Å². The fourth-order valence-corrected chi connectivity index (χ4v) is 3.58. The standard InChI is InChI=1S/C23H39N4O6.Ac/c1-9-13(10-2)17(24)15-11-14(18(28)29)12-16(15)25-19(26-20(30)32-22(3,4)5)27-21(31)33-23(6,7)8;/h11,13,15-17,24H,9-10,12H2,1-8H3,(H,28,29)(H2,25,26,27,30,31);/q-1;/t15-,16-,17?;/m1./s1. The smallest absolute Gasteiger partial charge is 0.414 e. The Balaban J connectivity index is 0.0000109. The van der Waals surface area contributed by atoms with Gasteiger partial charge in [-0.1, -0.05) is 38.7 Å². The first-order valence-corrected chi connectivity index (χ1v) is 11.3. The van der Waals surface area contributed by atoms with E-state index in [0.29, 0.717) is 0 Å². The Labute approximate surface area is 238 Å². The second-order valence-electron chi connectivity index (χ2n) is 10.2. The molecule has 34 heavy (non-hydrogen) atoms. The number of nitrogens with zero attached hydrogens (tertiary/aromatic N) is 1. The predicted molar refractivity (Wildman–Crippen MR) is 126 cm³/mol. The molecule has 1 radical (unpaired) electrons. The van der Waals surface area contributed by atoms with Crippen LogP contribution in [-0.4, -0.2) is 52.5 Å². The summed E-state index contributed by atoms with van der Waals surface area (Å²) >= 11 is 0. The number of alkyl carbamates (subject to hydrolysis) is 2. The first-order valence-electron chi connectivity index (χ1n) is 11.3. The number of carbonyl (C=O) groups excluding carboxylic acids is 2. The molecule has 0 aliphatic heterocycles. The van der Waals surface area contributed by atoms with Crippen LogP contribution in [0.4, 0.5) is 9.59 Å². The number of aliphatic imine (C=N–C) groups is 1. The van der Waals surface area contributed by atoms with E-state index in [1.165, 1.54) is 0 Å². The van der Waals surface area contributed by atoms with Gasteiger partial charge in [-0.3, -0.25) is 10.6 Å². The zero-order valence-electron chi connectivity index (χ0n) is 21.5. The molecule has 2 amide bonds. The number of nitrogens with one attached hydrogen (secondary N) is 3. The monoisotopic (exact) mass is 694 g/mol. The second-order valence-corrected chi connectivity index (χ2v) is 10.2. The molecule has 1 aliphatic rings. The molecule has 0 bridgehead atoms. The Morgan fingerprint density at radius 3 is 1.85 bits per heavy atom. The molecule has 191 valence electrons. The molecule has 11 heteroatoms. The van der Waals surface area contributed by atoms with Gasteiger partial charge in [0.05, 0.1) is 6.04 Å². The van der Waals surface area contributed by atoms with Crippen molar-refractivity contribution >= 4 is 24.1 Å². The molecule has 0 fully saturated rings. The molecular formula is C23H39AcN4O6-. The van der Waals surface area contributed by atoms with Gasteiger partial charge < -0.3 is 20.3 Å². The molecule has 4 N–H and O–H groups in total. The SMILES string of the molecule is CCC(CC)C([NH-])[C@@H]1C=C(C(=O)O)C[C@H]1N=C(NC(=O)OC(C)(C)C)NC(=O)OC(C)(C)C.[Ac]. The Bertz CT molecular complexity index is 749. The maximum atomic E-state index is 12.3.